The number of hydrogen-bond donors (Lipinski definition) is 1. The zero-order valence-corrected chi connectivity index (χ0v) is 6.46. The summed E-state index contributed by atoms with van der Waals surface area (Å²) in [5.41, 5.74) is 0.0191. The number of rotatable bonds is 3. The van der Waals surface area contributed by atoms with E-state index in [-0.39, 0.29) is 12.1 Å². The van der Waals surface area contributed by atoms with Gasteiger partial charge in [-0.3, -0.25) is 0 Å². The smallest absolute Gasteiger partial charge is 0.311 e. The van der Waals surface area contributed by atoms with Crippen LogP contribution in [0.4, 0.5) is 13.2 Å². The number of nitrogens with one attached hydrogen (secondary N) is 1. The fourth-order valence-electron chi connectivity index (χ4n) is 0.870. The molecule has 1 aliphatic rings. The minimum atomic E-state index is -4.02. The Morgan fingerprint density at radius 1 is 1.36 bits per heavy atom. The molecule has 0 spiro atoms. The lowest BCUT2D eigenvalue weighted by atomic mass is 10.3. The van der Waals surface area contributed by atoms with Crippen LogP contribution in [-0.4, -0.2) is 18.3 Å². The summed E-state index contributed by atoms with van der Waals surface area (Å²) in [6.45, 7) is 2.00. The lowest BCUT2D eigenvalue weighted by Crippen LogP contribution is -2.31. The molecule has 0 heterocycles. The predicted octanol–water partition coefficient (Wildman–Crippen LogP) is 2.08. The number of alkyl halides is 3. The van der Waals surface area contributed by atoms with Gasteiger partial charge in [0.15, 0.2) is 0 Å². The molecule has 66 valence electrons. The summed E-state index contributed by atoms with van der Waals surface area (Å²) in [6.07, 6.45) is -2.73. The van der Waals surface area contributed by atoms with Crippen LogP contribution in [0.3, 0.4) is 0 Å². The number of halogens is 3. The molecule has 1 nitrogen and oxygen atoms in total. The van der Waals surface area contributed by atoms with Gasteiger partial charge < -0.3 is 5.32 Å². The largest absolute Gasteiger partial charge is 0.390 e. The quantitative estimate of drug-likeness (QED) is 0.678. The van der Waals surface area contributed by atoms with Crippen LogP contribution in [-0.2, 0) is 0 Å². The predicted molar refractivity (Wildman–Crippen MR) is 36.3 cm³/mol. The molecule has 1 fully saturated rings. The first kappa shape index (κ1) is 8.84. The molecule has 0 aliphatic heterocycles. The van der Waals surface area contributed by atoms with Crippen LogP contribution in [0.15, 0.2) is 0 Å². The van der Waals surface area contributed by atoms with E-state index in [9.17, 15) is 13.2 Å². The summed E-state index contributed by atoms with van der Waals surface area (Å²) in [4.78, 5) is 0. The van der Waals surface area contributed by atoms with E-state index in [1.165, 1.54) is 0 Å². The van der Waals surface area contributed by atoms with Gasteiger partial charge in [0.2, 0.25) is 0 Å². The van der Waals surface area contributed by atoms with Crippen molar-refractivity contribution < 1.29 is 13.2 Å². The maximum Gasteiger partial charge on any atom is 0.390 e. The molecule has 0 saturated heterocycles. The monoisotopic (exact) mass is 167 g/mol. The van der Waals surface area contributed by atoms with Crippen LogP contribution in [0.5, 0.6) is 0 Å². The second-order valence-electron chi connectivity index (χ2n) is 3.35. The van der Waals surface area contributed by atoms with Crippen LogP contribution in [0.1, 0.15) is 26.2 Å². The zero-order valence-electron chi connectivity index (χ0n) is 6.46. The van der Waals surface area contributed by atoms with E-state index in [4.69, 9.17) is 0 Å². The van der Waals surface area contributed by atoms with E-state index in [0.29, 0.717) is 0 Å². The van der Waals surface area contributed by atoms with Crippen LogP contribution in [0.2, 0.25) is 0 Å². The molecule has 0 aromatic carbocycles. The molecule has 0 unspecified atom stereocenters. The van der Waals surface area contributed by atoms with Crippen molar-refractivity contribution in [1.29, 1.82) is 0 Å². The third-order valence-electron chi connectivity index (χ3n) is 1.96. The average molecular weight is 167 g/mol. The molecule has 1 N–H and O–H groups in total. The fraction of sp³-hybridized carbons (Fsp3) is 1.00. The van der Waals surface area contributed by atoms with Gasteiger partial charge in [-0.05, 0) is 19.8 Å². The van der Waals surface area contributed by atoms with Crippen molar-refractivity contribution in [3.05, 3.63) is 0 Å². The van der Waals surface area contributed by atoms with Gasteiger partial charge in [0.25, 0.3) is 0 Å². The Labute approximate surface area is 64.0 Å². The first-order valence-corrected chi connectivity index (χ1v) is 3.73. The van der Waals surface area contributed by atoms with Crippen molar-refractivity contribution in [2.75, 3.05) is 6.54 Å². The van der Waals surface area contributed by atoms with Gasteiger partial charge in [0.05, 0.1) is 6.42 Å². The van der Waals surface area contributed by atoms with Crippen LogP contribution < -0.4 is 5.32 Å². The topological polar surface area (TPSA) is 12.0 Å². The second-order valence-corrected chi connectivity index (χ2v) is 3.35. The second kappa shape index (κ2) is 2.66. The molecular weight excluding hydrogens is 155 g/mol. The van der Waals surface area contributed by atoms with E-state index in [0.717, 1.165) is 12.8 Å². The fourth-order valence-corrected chi connectivity index (χ4v) is 0.870. The van der Waals surface area contributed by atoms with Crippen LogP contribution in [0, 0.1) is 0 Å². The normalized spacial score (nSPS) is 21.8. The molecule has 1 saturated carbocycles. The molecule has 1 rings (SSSR count). The lowest BCUT2D eigenvalue weighted by molar-refractivity contribution is -0.133. The van der Waals surface area contributed by atoms with Crippen molar-refractivity contribution in [2.24, 2.45) is 0 Å². The van der Waals surface area contributed by atoms with E-state index >= 15 is 0 Å². The molecule has 0 bridgehead atoms. The molecule has 0 aromatic rings. The first-order chi connectivity index (χ1) is 4.91. The Morgan fingerprint density at radius 3 is 2.27 bits per heavy atom. The summed E-state index contributed by atoms with van der Waals surface area (Å²) < 4.78 is 34.8. The highest BCUT2D eigenvalue weighted by molar-refractivity contribution is 4.97. The maximum atomic E-state index is 11.6. The Bertz CT molecular complexity index is 132. The summed E-state index contributed by atoms with van der Waals surface area (Å²) in [7, 11) is 0. The average Bonchev–Trinajstić information content (AvgIpc) is 2.44. The van der Waals surface area contributed by atoms with Gasteiger partial charge in [-0.25, -0.2) is 0 Å². The zero-order chi connectivity index (χ0) is 8.54. The molecule has 1 aliphatic carbocycles. The van der Waals surface area contributed by atoms with E-state index in [1.54, 1.807) is 0 Å². The van der Waals surface area contributed by atoms with Gasteiger partial charge in [-0.1, -0.05) is 0 Å². The summed E-state index contributed by atoms with van der Waals surface area (Å²) in [5.74, 6) is 0. The summed E-state index contributed by atoms with van der Waals surface area (Å²) >= 11 is 0. The Hall–Kier alpha value is -0.250. The summed E-state index contributed by atoms with van der Waals surface area (Å²) in [5, 5.41) is 2.87. The molecule has 4 heteroatoms. The standard InChI is InChI=1S/C7H12F3N/c1-6(2-3-6)11-5-4-7(8,9)10/h11H,2-5H2,1H3. The van der Waals surface area contributed by atoms with Crippen molar-refractivity contribution in [3.8, 4) is 0 Å². The molecule has 0 radical (unpaired) electrons. The Kier molecular flexibility index (Phi) is 2.14. The van der Waals surface area contributed by atoms with Gasteiger partial charge in [0.1, 0.15) is 0 Å². The minimum absolute atomic E-state index is 0.0191. The Balaban J connectivity index is 2.05. The summed E-state index contributed by atoms with van der Waals surface area (Å²) in [6, 6.07) is 0. The highest BCUT2D eigenvalue weighted by atomic mass is 19.4. The highest BCUT2D eigenvalue weighted by Gasteiger charge is 2.37. The van der Waals surface area contributed by atoms with E-state index in [1.807, 2.05) is 6.92 Å². The van der Waals surface area contributed by atoms with E-state index < -0.39 is 12.6 Å². The molecule has 0 aromatic heterocycles. The van der Waals surface area contributed by atoms with Gasteiger partial charge in [-0.15, -0.1) is 0 Å². The van der Waals surface area contributed by atoms with Gasteiger partial charge >= 0.3 is 6.18 Å². The van der Waals surface area contributed by atoms with Crippen LogP contribution >= 0.6 is 0 Å². The minimum Gasteiger partial charge on any atom is -0.311 e. The van der Waals surface area contributed by atoms with Crippen LogP contribution in [0.25, 0.3) is 0 Å². The molecular formula is C7H12F3N. The van der Waals surface area contributed by atoms with Crippen molar-refractivity contribution >= 4 is 0 Å². The van der Waals surface area contributed by atoms with Gasteiger partial charge in [-0.2, -0.15) is 13.2 Å². The third-order valence-corrected chi connectivity index (χ3v) is 1.96. The Morgan fingerprint density at radius 2 is 1.91 bits per heavy atom. The third kappa shape index (κ3) is 3.60. The maximum absolute atomic E-state index is 11.6. The van der Waals surface area contributed by atoms with Crippen molar-refractivity contribution in [2.45, 2.75) is 37.9 Å². The molecule has 0 amide bonds. The first-order valence-electron chi connectivity index (χ1n) is 3.73. The van der Waals surface area contributed by atoms with E-state index in [2.05, 4.69) is 5.32 Å². The molecule has 11 heavy (non-hydrogen) atoms. The lowest BCUT2D eigenvalue weighted by Gasteiger charge is -2.12. The SMILES string of the molecule is CC1(NCCC(F)(F)F)CC1. The highest BCUT2D eigenvalue weighted by Crippen LogP contribution is 2.34. The number of hydrogen-bond acceptors (Lipinski definition) is 1. The van der Waals surface area contributed by atoms with Crippen molar-refractivity contribution in [3.63, 3.8) is 0 Å². The van der Waals surface area contributed by atoms with Crippen molar-refractivity contribution in [1.82, 2.24) is 5.32 Å². The van der Waals surface area contributed by atoms with Gasteiger partial charge in [0, 0.05) is 12.1 Å². The molecule has 0 atom stereocenters.